The maximum absolute atomic E-state index is 13.0. The van der Waals surface area contributed by atoms with E-state index in [1.807, 2.05) is 30.3 Å². The van der Waals surface area contributed by atoms with Crippen LogP contribution < -0.4 is 5.69 Å². The highest BCUT2D eigenvalue weighted by atomic mass is 32.1. The molecule has 124 valence electrons. The molecule has 5 nitrogen and oxygen atoms in total. The minimum atomic E-state index is -0.156. The Kier molecular flexibility index (Phi) is 3.15. The van der Waals surface area contributed by atoms with Crippen LogP contribution in [0.4, 0.5) is 0 Å². The second-order valence-corrected chi connectivity index (χ2v) is 7.34. The predicted molar refractivity (Wildman–Crippen MR) is 100 cm³/mol. The van der Waals surface area contributed by atoms with Crippen molar-refractivity contribution in [3.8, 4) is 11.4 Å². The molecule has 25 heavy (non-hydrogen) atoms. The number of thiophene rings is 1. The third kappa shape index (κ3) is 2.04. The quantitative estimate of drug-likeness (QED) is 0.533. The molecule has 3 aromatic heterocycles. The normalized spacial score (nSPS) is 13.6. The van der Waals surface area contributed by atoms with Gasteiger partial charge in [0.25, 0.3) is 0 Å². The summed E-state index contributed by atoms with van der Waals surface area (Å²) in [5.74, 6) is 0.591. The molecule has 0 fully saturated rings. The molecule has 3 heterocycles. The summed E-state index contributed by atoms with van der Waals surface area (Å²) in [4.78, 5) is 20.1. The smallest absolute Gasteiger partial charge is 0.279 e. The molecule has 0 atom stereocenters. The number of benzene rings is 1. The Hall–Kier alpha value is -2.73. The number of fused-ring (bicyclic) bond motifs is 5. The lowest BCUT2D eigenvalue weighted by Crippen LogP contribution is -2.27. The molecule has 1 aliphatic rings. The van der Waals surface area contributed by atoms with Crippen molar-refractivity contribution in [1.29, 1.82) is 0 Å². The Morgan fingerprint density at radius 2 is 2.08 bits per heavy atom. The van der Waals surface area contributed by atoms with Crippen LogP contribution in [0.1, 0.15) is 16.9 Å². The lowest BCUT2D eigenvalue weighted by atomic mass is 10.2. The van der Waals surface area contributed by atoms with Crippen LogP contribution in [0, 0.1) is 0 Å². The Labute approximate surface area is 147 Å². The third-order valence-corrected chi connectivity index (χ3v) is 6.05. The highest BCUT2D eigenvalue weighted by molar-refractivity contribution is 7.19. The Bertz CT molecular complexity index is 1180. The molecule has 0 saturated carbocycles. The van der Waals surface area contributed by atoms with Gasteiger partial charge in [-0.1, -0.05) is 36.4 Å². The summed E-state index contributed by atoms with van der Waals surface area (Å²) in [6.45, 7) is 4.28. The molecule has 0 unspecified atom stereocenters. The van der Waals surface area contributed by atoms with Crippen molar-refractivity contribution in [2.45, 2.75) is 25.8 Å². The zero-order valence-electron chi connectivity index (χ0n) is 13.6. The first-order chi connectivity index (χ1) is 12.3. The van der Waals surface area contributed by atoms with Crippen molar-refractivity contribution in [1.82, 2.24) is 19.2 Å². The highest BCUT2D eigenvalue weighted by Gasteiger charge is 2.25. The summed E-state index contributed by atoms with van der Waals surface area (Å²) >= 11 is 1.72. The second kappa shape index (κ2) is 5.39. The number of rotatable bonds is 3. The lowest BCUT2D eigenvalue weighted by molar-refractivity contribution is 0.733. The van der Waals surface area contributed by atoms with Crippen molar-refractivity contribution >= 4 is 27.2 Å². The first-order valence-electron chi connectivity index (χ1n) is 8.38. The molecule has 0 aliphatic heterocycles. The van der Waals surface area contributed by atoms with Gasteiger partial charge in [-0.15, -0.1) is 23.0 Å². The third-order valence-electron chi connectivity index (χ3n) is 4.73. The van der Waals surface area contributed by atoms with Crippen LogP contribution in [0.15, 0.2) is 47.8 Å². The molecule has 1 aromatic carbocycles. The van der Waals surface area contributed by atoms with Crippen LogP contribution in [0.5, 0.6) is 0 Å². The van der Waals surface area contributed by atoms with E-state index in [0.29, 0.717) is 18.0 Å². The van der Waals surface area contributed by atoms with E-state index in [-0.39, 0.29) is 5.69 Å². The molecule has 0 bridgehead atoms. The van der Waals surface area contributed by atoms with E-state index in [1.165, 1.54) is 21.4 Å². The van der Waals surface area contributed by atoms with Crippen LogP contribution in [-0.2, 0) is 19.4 Å². The Balaban J connectivity index is 1.92. The van der Waals surface area contributed by atoms with Crippen molar-refractivity contribution in [3.63, 3.8) is 0 Å². The van der Waals surface area contributed by atoms with Gasteiger partial charge in [0.05, 0.1) is 5.39 Å². The SMILES string of the molecule is C=CCn1c(=O)n2nc(-c3ccccc3)nc2c2c3c(sc21)CCC3. The summed E-state index contributed by atoms with van der Waals surface area (Å²) < 4.78 is 3.22. The molecular weight excluding hydrogens is 332 g/mol. The van der Waals surface area contributed by atoms with Crippen LogP contribution in [-0.4, -0.2) is 19.2 Å². The number of aromatic nitrogens is 4. The molecular formula is C19H16N4OS. The standard InChI is InChI=1S/C19H16N4OS/c1-2-11-22-18-15(13-9-6-10-14(13)25-18)17-20-16(21-23(17)19(22)24)12-7-4-3-5-8-12/h2-5,7-8H,1,6,9-11H2. The topological polar surface area (TPSA) is 52.2 Å². The van der Waals surface area contributed by atoms with Gasteiger partial charge < -0.3 is 0 Å². The number of aryl methyl sites for hydroxylation is 2. The fourth-order valence-electron chi connectivity index (χ4n) is 3.62. The Morgan fingerprint density at radius 3 is 2.88 bits per heavy atom. The van der Waals surface area contributed by atoms with E-state index in [2.05, 4.69) is 11.7 Å². The highest BCUT2D eigenvalue weighted by Crippen LogP contribution is 2.38. The van der Waals surface area contributed by atoms with Gasteiger partial charge in [-0.2, -0.15) is 4.52 Å². The summed E-state index contributed by atoms with van der Waals surface area (Å²) in [6, 6.07) is 9.79. The van der Waals surface area contributed by atoms with Crippen molar-refractivity contribution in [2.24, 2.45) is 0 Å². The molecule has 0 saturated heterocycles. The zero-order valence-corrected chi connectivity index (χ0v) is 14.4. The van der Waals surface area contributed by atoms with Crippen LogP contribution in [0.25, 0.3) is 27.3 Å². The molecule has 0 amide bonds. The van der Waals surface area contributed by atoms with E-state index in [9.17, 15) is 4.79 Å². The first kappa shape index (κ1) is 14.6. The van der Waals surface area contributed by atoms with Gasteiger partial charge in [0, 0.05) is 17.0 Å². The molecule has 6 heteroatoms. The number of hydrogen-bond acceptors (Lipinski definition) is 4. The van der Waals surface area contributed by atoms with Crippen LogP contribution >= 0.6 is 11.3 Å². The minimum absolute atomic E-state index is 0.156. The van der Waals surface area contributed by atoms with Crippen LogP contribution in [0.3, 0.4) is 0 Å². The Morgan fingerprint density at radius 1 is 1.24 bits per heavy atom. The van der Waals surface area contributed by atoms with Gasteiger partial charge in [-0.3, -0.25) is 4.57 Å². The van der Waals surface area contributed by atoms with Gasteiger partial charge in [0.1, 0.15) is 4.83 Å². The number of nitrogens with zero attached hydrogens (tertiary/aromatic N) is 4. The van der Waals surface area contributed by atoms with Crippen molar-refractivity contribution in [3.05, 3.63) is 63.9 Å². The van der Waals surface area contributed by atoms with E-state index >= 15 is 0 Å². The molecule has 0 N–H and O–H groups in total. The molecule has 5 rings (SSSR count). The number of allylic oxidation sites excluding steroid dienone is 1. The van der Waals surface area contributed by atoms with E-state index < -0.39 is 0 Å². The van der Waals surface area contributed by atoms with Gasteiger partial charge in [-0.25, -0.2) is 9.78 Å². The zero-order chi connectivity index (χ0) is 17.0. The van der Waals surface area contributed by atoms with E-state index in [0.717, 1.165) is 28.6 Å². The molecule has 1 aliphatic carbocycles. The fraction of sp³-hybridized carbons (Fsp3) is 0.211. The summed E-state index contributed by atoms with van der Waals surface area (Å²) in [5.41, 5.74) is 2.78. The van der Waals surface area contributed by atoms with Crippen molar-refractivity contribution < 1.29 is 0 Å². The predicted octanol–water partition coefficient (Wildman–Crippen LogP) is 3.45. The maximum Gasteiger partial charge on any atom is 0.352 e. The largest absolute Gasteiger partial charge is 0.352 e. The molecule has 4 aromatic rings. The second-order valence-electron chi connectivity index (χ2n) is 6.26. The first-order valence-corrected chi connectivity index (χ1v) is 9.19. The van der Waals surface area contributed by atoms with Gasteiger partial charge in [0.15, 0.2) is 11.5 Å². The van der Waals surface area contributed by atoms with Gasteiger partial charge in [-0.05, 0) is 24.8 Å². The number of hydrogen-bond donors (Lipinski definition) is 0. The maximum atomic E-state index is 13.0. The average Bonchev–Trinajstić information content (AvgIpc) is 3.33. The van der Waals surface area contributed by atoms with Crippen molar-refractivity contribution in [2.75, 3.05) is 0 Å². The molecule has 0 spiro atoms. The van der Waals surface area contributed by atoms with E-state index in [4.69, 9.17) is 4.98 Å². The minimum Gasteiger partial charge on any atom is -0.279 e. The monoisotopic (exact) mass is 348 g/mol. The summed E-state index contributed by atoms with van der Waals surface area (Å²) in [5, 5.41) is 5.61. The van der Waals surface area contributed by atoms with E-state index in [1.54, 1.807) is 22.0 Å². The fourth-order valence-corrected chi connectivity index (χ4v) is 5.01. The van der Waals surface area contributed by atoms with Crippen LogP contribution in [0.2, 0.25) is 0 Å². The lowest BCUT2D eigenvalue weighted by Gasteiger charge is -2.05. The summed E-state index contributed by atoms with van der Waals surface area (Å²) in [6.07, 6.45) is 5.06. The molecule has 0 radical (unpaired) electrons. The average molecular weight is 348 g/mol. The van der Waals surface area contributed by atoms with Gasteiger partial charge in [0.2, 0.25) is 0 Å². The van der Waals surface area contributed by atoms with Gasteiger partial charge >= 0.3 is 5.69 Å². The summed E-state index contributed by atoms with van der Waals surface area (Å²) in [7, 11) is 0.